The number of rotatable bonds is 7. The molecular weight excluding hydrogens is 328 g/mol. The molecule has 1 aromatic heterocycles. The fourth-order valence-corrected chi connectivity index (χ4v) is 2.73. The summed E-state index contributed by atoms with van der Waals surface area (Å²) in [5.41, 5.74) is 0.543. The number of amides is 1. The zero-order chi connectivity index (χ0) is 17.5. The number of aryl methyl sites for hydroxylation is 1. The van der Waals surface area contributed by atoms with Crippen molar-refractivity contribution in [2.24, 2.45) is 0 Å². The first-order valence-electron chi connectivity index (χ1n) is 7.62. The normalized spacial score (nSPS) is 10.5. The second-order valence-electron chi connectivity index (χ2n) is 5.35. The lowest BCUT2D eigenvalue weighted by Crippen LogP contribution is -2.15. The van der Waals surface area contributed by atoms with Gasteiger partial charge in [0.25, 0.3) is 0 Å². The third-order valence-electron chi connectivity index (χ3n) is 2.91. The molecule has 6 nitrogen and oxygen atoms in total. The van der Waals surface area contributed by atoms with Gasteiger partial charge in [-0.05, 0) is 32.9 Å². The summed E-state index contributed by atoms with van der Waals surface area (Å²) in [5, 5.41) is 3.06. The molecule has 0 aliphatic carbocycles. The first-order valence-corrected chi connectivity index (χ1v) is 8.43. The van der Waals surface area contributed by atoms with Crippen LogP contribution in [-0.4, -0.2) is 29.6 Å². The Balaban J connectivity index is 1.84. The molecule has 7 heteroatoms. The predicted octanol–water partition coefficient (Wildman–Crippen LogP) is 3.42. The molecule has 0 aliphatic rings. The zero-order valence-corrected chi connectivity index (χ0v) is 14.7. The minimum atomic E-state index is -0.423. The van der Waals surface area contributed by atoms with E-state index in [1.807, 2.05) is 30.3 Å². The molecule has 0 aliphatic heterocycles. The number of hydrogen-bond acceptors (Lipinski definition) is 6. The van der Waals surface area contributed by atoms with Crippen molar-refractivity contribution in [1.29, 1.82) is 0 Å². The van der Waals surface area contributed by atoms with Crippen LogP contribution in [0.2, 0.25) is 0 Å². The number of anilines is 1. The van der Waals surface area contributed by atoms with Gasteiger partial charge in [-0.25, -0.2) is 9.78 Å². The maximum absolute atomic E-state index is 11.9. The molecule has 2 rings (SSSR count). The highest BCUT2D eigenvalue weighted by molar-refractivity contribution is 7.17. The number of carbonyl (C=O) groups excluding carboxylic acids is 2. The van der Waals surface area contributed by atoms with Gasteiger partial charge in [-0.15, -0.1) is 0 Å². The van der Waals surface area contributed by atoms with E-state index in [4.69, 9.17) is 9.47 Å². The highest BCUT2D eigenvalue weighted by Gasteiger charge is 2.18. The lowest BCUT2D eigenvalue weighted by molar-refractivity contribution is -0.116. The molecule has 1 N–H and O–H groups in total. The lowest BCUT2D eigenvalue weighted by atomic mass is 10.3. The summed E-state index contributed by atoms with van der Waals surface area (Å²) in [4.78, 5) is 28.4. The molecule has 0 unspecified atom stereocenters. The minimum Gasteiger partial charge on any atom is -0.493 e. The highest BCUT2D eigenvalue weighted by Crippen LogP contribution is 2.24. The second kappa shape index (κ2) is 8.44. The first kappa shape index (κ1) is 17.9. The predicted molar refractivity (Wildman–Crippen MR) is 92.6 cm³/mol. The van der Waals surface area contributed by atoms with Gasteiger partial charge >= 0.3 is 5.97 Å². The van der Waals surface area contributed by atoms with Crippen molar-refractivity contribution in [3.63, 3.8) is 0 Å². The highest BCUT2D eigenvalue weighted by atomic mass is 32.1. The van der Waals surface area contributed by atoms with Crippen molar-refractivity contribution >= 4 is 28.3 Å². The molecule has 0 bridgehead atoms. The average Bonchev–Trinajstić information content (AvgIpc) is 2.88. The topological polar surface area (TPSA) is 77.5 Å². The van der Waals surface area contributed by atoms with Gasteiger partial charge in [0, 0.05) is 0 Å². The number of aromatic nitrogens is 1. The standard InChI is InChI=1S/C17H20N2O4S/c1-11(2)23-16(21)15-12(3)18-17(24-15)19-14(20)9-10-22-13-7-5-4-6-8-13/h4-8,11H,9-10H2,1-3H3,(H,18,19,20). The Morgan fingerprint density at radius 1 is 1.25 bits per heavy atom. The Kier molecular flexibility index (Phi) is 6.31. The van der Waals surface area contributed by atoms with Crippen molar-refractivity contribution < 1.29 is 19.1 Å². The van der Waals surface area contributed by atoms with E-state index < -0.39 is 5.97 Å². The summed E-state index contributed by atoms with van der Waals surface area (Å²) in [6.07, 6.45) is -0.00794. The monoisotopic (exact) mass is 348 g/mol. The van der Waals surface area contributed by atoms with E-state index in [0.717, 1.165) is 11.3 Å². The van der Waals surface area contributed by atoms with Gasteiger partial charge in [0.05, 0.1) is 24.8 Å². The van der Waals surface area contributed by atoms with Gasteiger partial charge < -0.3 is 14.8 Å². The second-order valence-corrected chi connectivity index (χ2v) is 6.35. The number of benzene rings is 1. The Bertz CT molecular complexity index is 698. The van der Waals surface area contributed by atoms with E-state index in [-0.39, 0.29) is 25.0 Å². The Morgan fingerprint density at radius 2 is 1.96 bits per heavy atom. The average molecular weight is 348 g/mol. The third kappa shape index (κ3) is 5.34. The van der Waals surface area contributed by atoms with Crippen molar-refractivity contribution in [3.8, 4) is 5.75 Å². The summed E-state index contributed by atoms with van der Waals surface area (Å²) >= 11 is 1.11. The molecule has 1 aromatic carbocycles. The van der Waals surface area contributed by atoms with Crippen molar-refractivity contribution in [3.05, 3.63) is 40.9 Å². The SMILES string of the molecule is Cc1nc(NC(=O)CCOc2ccccc2)sc1C(=O)OC(C)C. The van der Waals surface area contributed by atoms with Crippen LogP contribution in [0, 0.1) is 6.92 Å². The smallest absolute Gasteiger partial charge is 0.350 e. The number of ether oxygens (including phenoxy) is 2. The lowest BCUT2D eigenvalue weighted by Gasteiger charge is -2.06. The summed E-state index contributed by atoms with van der Waals surface area (Å²) in [7, 11) is 0. The molecule has 24 heavy (non-hydrogen) atoms. The maximum atomic E-state index is 11.9. The van der Waals surface area contributed by atoms with Crippen molar-refractivity contribution in [2.75, 3.05) is 11.9 Å². The summed E-state index contributed by atoms with van der Waals surface area (Å²) < 4.78 is 10.6. The molecule has 128 valence electrons. The molecule has 0 saturated heterocycles. The van der Waals surface area contributed by atoms with Crippen LogP contribution >= 0.6 is 11.3 Å². The number of esters is 1. The quantitative estimate of drug-likeness (QED) is 0.776. The van der Waals surface area contributed by atoms with Crippen LogP contribution in [0.25, 0.3) is 0 Å². The van der Waals surface area contributed by atoms with Crippen molar-refractivity contribution in [1.82, 2.24) is 4.98 Å². The number of thiazole rings is 1. The van der Waals surface area contributed by atoms with Crippen molar-refractivity contribution in [2.45, 2.75) is 33.3 Å². The summed E-state index contributed by atoms with van der Waals surface area (Å²) in [6.45, 7) is 5.54. The number of nitrogens with zero attached hydrogens (tertiary/aromatic N) is 1. The first-order chi connectivity index (χ1) is 11.5. The van der Waals surface area contributed by atoms with E-state index in [0.29, 0.717) is 21.5 Å². The van der Waals surface area contributed by atoms with Gasteiger partial charge in [-0.2, -0.15) is 0 Å². The molecule has 0 radical (unpaired) electrons. The van der Waals surface area contributed by atoms with Gasteiger partial charge in [0.1, 0.15) is 10.6 Å². The van der Waals surface area contributed by atoms with Gasteiger partial charge in [0.2, 0.25) is 5.91 Å². The number of carbonyl (C=O) groups is 2. The molecule has 1 heterocycles. The van der Waals surface area contributed by atoms with E-state index in [2.05, 4.69) is 10.3 Å². The molecule has 0 spiro atoms. The summed E-state index contributed by atoms with van der Waals surface area (Å²) in [5.74, 6) is 0.0745. The minimum absolute atomic E-state index is 0.194. The van der Waals surface area contributed by atoms with Crippen LogP contribution in [0.1, 0.15) is 35.6 Å². The van der Waals surface area contributed by atoms with Gasteiger partial charge in [0.15, 0.2) is 5.13 Å². The van der Waals surface area contributed by atoms with Crippen LogP contribution in [-0.2, 0) is 9.53 Å². The maximum Gasteiger partial charge on any atom is 0.350 e. The zero-order valence-electron chi connectivity index (χ0n) is 13.9. The molecule has 0 fully saturated rings. The molecular formula is C17H20N2O4S. The Morgan fingerprint density at radius 3 is 2.62 bits per heavy atom. The largest absolute Gasteiger partial charge is 0.493 e. The Hall–Kier alpha value is -2.41. The van der Waals surface area contributed by atoms with Crippen LogP contribution in [0.3, 0.4) is 0 Å². The fourth-order valence-electron chi connectivity index (χ4n) is 1.87. The Labute approximate surface area is 144 Å². The summed E-state index contributed by atoms with van der Waals surface area (Å²) in [6, 6.07) is 9.28. The van der Waals surface area contributed by atoms with Gasteiger partial charge in [-0.3, -0.25) is 4.79 Å². The van der Waals surface area contributed by atoms with Crippen LogP contribution in [0.15, 0.2) is 30.3 Å². The van der Waals surface area contributed by atoms with Crippen LogP contribution in [0.4, 0.5) is 5.13 Å². The number of hydrogen-bond donors (Lipinski definition) is 1. The van der Waals surface area contributed by atoms with E-state index in [1.54, 1.807) is 20.8 Å². The third-order valence-corrected chi connectivity index (χ3v) is 3.97. The number of nitrogens with one attached hydrogen (secondary N) is 1. The van der Waals surface area contributed by atoms with E-state index >= 15 is 0 Å². The molecule has 1 amide bonds. The molecule has 2 aromatic rings. The van der Waals surface area contributed by atoms with E-state index in [9.17, 15) is 9.59 Å². The molecule has 0 atom stereocenters. The van der Waals surface area contributed by atoms with E-state index in [1.165, 1.54) is 0 Å². The number of para-hydroxylation sites is 1. The van der Waals surface area contributed by atoms with Crippen LogP contribution in [0.5, 0.6) is 5.75 Å². The van der Waals surface area contributed by atoms with Crippen LogP contribution < -0.4 is 10.1 Å². The fraction of sp³-hybridized carbons (Fsp3) is 0.353. The van der Waals surface area contributed by atoms with Gasteiger partial charge in [-0.1, -0.05) is 29.5 Å². The molecule has 0 saturated carbocycles.